The number of rotatable bonds is 7. The number of nitrogens with zero attached hydrogens (tertiary/aromatic N) is 6. The monoisotopic (exact) mass is 582 g/mol. The van der Waals surface area contributed by atoms with Gasteiger partial charge < -0.3 is 14.7 Å². The average Bonchev–Trinajstić information content (AvgIpc) is 3.26. The molecule has 9 nitrogen and oxygen atoms in total. The molecule has 0 fully saturated rings. The van der Waals surface area contributed by atoms with Crippen molar-refractivity contribution >= 4 is 22.8 Å². The number of amidine groups is 1. The lowest BCUT2D eigenvalue weighted by molar-refractivity contribution is -0.147. The zero-order chi connectivity index (χ0) is 30.5. The van der Waals surface area contributed by atoms with Crippen molar-refractivity contribution in [2.24, 2.45) is 17.5 Å². The van der Waals surface area contributed by atoms with E-state index < -0.39 is 11.4 Å². The number of fused-ring (bicyclic) bond motifs is 3. The van der Waals surface area contributed by atoms with E-state index in [2.05, 4.69) is 70.4 Å². The molecule has 2 aromatic carbocycles. The summed E-state index contributed by atoms with van der Waals surface area (Å²) in [5.74, 6) is 0.767. The third kappa shape index (κ3) is 5.24. The molecule has 9 heteroatoms. The molecule has 4 heterocycles. The number of carbonyl (C=O) groups is 1. The van der Waals surface area contributed by atoms with Gasteiger partial charge in [0.1, 0.15) is 23.2 Å². The minimum absolute atomic E-state index is 0.0870. The number of benzene rings is 2. The van der Waals surface area contributed by atoms with E-state index >= 15 is 0 Å². The molecule has 0 saturated heterocycles. The normalized spacial score (nSPS) is 19.9. The van der Waals surface area contributed by atoms with E-state index in [9.17, 15) is 9.90 Å². The summed E-state index contributed by atoms with van der Waals surface area (Å²) in [6, 6.07) is 10.5. The Morgan fingerprint density at radius 1 is 1.19 bits per heavy atom. The van der Waals surface area contributed by atoms with E-state index in [-0.39, 0.29) is 12.0 Å². The predicted molar refractivity (Wildman–Crippen MR) is 168 cm³/mol. The first-order valence-corrected chi connectivity index (χ1v) is 15.3. The summed E-state index contributed by atoms with van der Waals surface area (Å²) < 4.78 is 8.28. The highest BCUT2D eigenvalue weighted by Crippen LogP contribution is 2.44. The summed E-state index contributed by atoms with van der Waals surface area (Å²) in [7, 11) is 1.87. The molecule has 3 aromatic rings. The number of carboxylic acid groups (broad SMARTS) is 1. The minimum Gasteiger partial charge on any atom is -0.487 e. The Hall–Kier alpha value is -3.98. The molecule has 226 valence electrons. The number of aromatic nitrogens is 3. The molecule has 2 atom stereocenters. The first kappa shape index (κ1) is 29.1. The zero-order valence-corrected chi connectivity index (χ0v) is 26.1. The molecule has 43 heavy (non-hydrogen) atoms. The van der Waals surface area contributed by atoms with E-state index in [1.54, 1.807) is 4.68 Å². The summed E-state index contributed by atoms with van der Waals surface area (Å²) in [6.45, 7) is 14.1. The van der Waals surface area contributed by atoms with Crippen LogP contribution in [0.25, 0.3) is 11.0 Å². The van der Waals surface area contributed by atoms with Gasteiger partial charge in [-0.3, -0.25) is 14.7 Å². The lowest BCUT2D eigenvalue weighted by Gasteiger charge is -2.35. The highest BCUT2D eigenvalue weighted by Gasteiger charge is 2.40. The van der Waals surface area contributed by atoms with Gasteiger partial charge in [-0.15, -0.1) is 5.10 Å². The van der Waals surface area contributed by atoms with Crippen molar-refractivity contribution < 1.29 is 14.6 Å². The summed E-state index contributed by atoms with van der Waals surface area (Å²) in [5, 5.41) is 19.1. The number of hydrogen-bond acceptors (Lipinski definition) is 7. The number of aryl methyl sites for hydroxylation is 3. The van der Waals surface area contributed by atoms with Crippen LogP contribution in [0.1, 0.15) is 67.3 Å². The molecule has 0 amide bonds. The van der Waals surface area contributed by atoms with Gasteiger partial charge in [-0.2, -0.15) is 0 Å². The van der Waals surface area contributed by atoms with Gasteiger partial charge in [0.05, 0.1) is 16.6 Å². The standard InChI is InChI=1S/C34H42N6O3/c1-7-25-19-39(20-28-29(43-25)13-14-30-35-15-8-16-40(28)30)18-24-17-23(10-9-21(24)2)31(34(4,5)33(41)42)26-11-12-27-32(22(26)3)36-37-38(27)6/h9-14,17,25,31H,7-8,15-16,18-20H2,1-6H3,(H,41,42)/t25-,31?/m1/s1. The van der Waals surface area contributed by atoms with Crippen LogP contribution in [0.2, 0.25) is 0 Å². The van der Waals surface area contributed by atoms with Gasteiger partial charge in [-0.25, -0.2) is 4.68 Å². The van der Waals surface area contributed by atoms with Crippen molar-refractivity contribution in [1.82, 2.24) is 24.8 Å². The van der Waals surface area contributed by atoms with Crippen LogP contribution in [0.15, 0.2) is 58.9 Å². The van der Waals surface area contributed by atoms with Gasteiger partial charge in [-0.05, 0) is 86.6 Å². The second-order valence-corrected chi connectivity index (χ2v) is 12.7. The van der Waals surface area contributed by atoms with Crippen LogP contribution in [0.3, 0.4) is 0 Å². The number of ether oxygens (including phenoxy) is 1. The van der Waals surface area contributed by atoms with Crippen molar-refractivity contribution in [1.29, 1.82) is 0 Å². The molecule has 3 aliphatic heterocycles. The molecule has 1 N–H and O–H groups in total. The lowest BCUT2D eigenvalue weighted by Crippen LogP contribution is -2.40. The van der Waals surface area contributed by atoms with Gasteiger partial charge >= 0.3 is 5.97 Å². The highest BCUT2D eigenvalue weighted by molar-refractivity contribution is 5.96. The molecule has 0 spiro atoms. The Balaban J connectivity index is 1.38. The molecule has 3 aliphatic rings. The van der Waals surface area contributed by atoms with Crippen molar-refractivity contribution in [3.05, 3.63) is 81.8 Å². The van der Waals surface area contributed by atoms with Crippen LogP contribution in [0.4, 0.5) is 0 Å². The molecule has 6 rings (SSSR count). The van der Waals surface area contributed by atoms with Crippen LogP contribution in [0, 0.1) is 19.3 Å². The first-order valence-electron chi connectivity index (χ1n) is 15.3. The fourth-order valence-corrected chi connectivity index (χ4v) is 6.75. The maximum atomic E-state index is 12.7. The number of aliphatic imine (C=N–C) groups is 1. The van der Waals surface area contributed by atoms with Crippen LogP contribution >= 0.6 is 0 Å². The Kier molecular flexibility index (Phi) is 7.62. The van der Waals surface area contributed by atoms with Crippen molar-refractivity contribution in [2.75, 3.05) is 26.2 Å². The van der Waals surface area contributed by atoms with Gasteiger partial charge in [0, 0.05) is 45.7 Å². The average molecular weight is 583 g/mol. The maximum absolute atomic E-state index is 12.7. The summed E-state index contributed by atoms with van der Waals surface area (Å²) in [5.41, 5.74) is 7.16. The third-order valence-corrected chi connectivity index (χ3v) is 9.43. The van der Waals surface area contributed by atoms with E-state index in [4.69, 9.17) is 9.73 Å². The van der Waals surface area contributed by atoms with E-state index in [1.165, 1.54) is 16.8 Å². The minimum atomic E-state index is -1.06. The quantitative estimate of drug-likeness (QED) is 0.403. The first-order chi connectivity index (χ1) is 20.6. The smallest absolute Gasteiger partial charge is 0.310 e. The van der Waals surface area contributed by atoms with E-state index in [1.807, 2.05) is 33.9 Å². The molecule has 0 saturated carbocycles. The number of carboxylic acids is 1. The van der Waals surface area contributed by atoms with Crippen LogP contribution in [0.5, 0.6) is 0 Å². The number of allylic oxidation sites excluding steroid dienone is 1. The van der Waals surface area contributed by atoms with Crippen molar-refractivity contribution in [3.8, 4) is 0 Å². The molecule has 0 bridgehead atoms. The lowest BCUT2D eigenvalue weighted by atomic mass is 9.69. The maximum Gasteiger partial charge on any atom is 0.310 e. The summed E-state index contributed by atoms with van der Waals surface area (Å²) in [4.78, 5) is 22.3. The molecular weight excluding hydrogens is 540 g/mol. The zero-order valence-electron chi connectivity index (χ0n) is 26.1. The fourth-order valence-electron chi connectivity index (χ4n) is 6.75. The Morgan fingerprint density at radius 3 is 2.77 bits per heavy atom. The van der Waals surface area contributed by atoms with Crippen LogP contribution in [-0.4, -0.2) is 74.0 Å². The largest absolute Gasteiger partial charge is 0.487 e. The molecule has 1 aromatic heterocycles. The second kappa shape index (κ2) is 11.3. The van der Waals surface area contributed by atoms with E-state index in [0.29, 0.717) is 0 Å². The molecule has 0 radical (unpaired) electrons. The third-order valence-electron chi connectivity index (χ3n) is 9.43. The highest BCUT2D eigenvalue weighted by atomic mass is 16.5. The van der Waals surface area contributed by atoms with Gasteiger partial charge in [0.25, 0.3) is 0 Å². The van der Waals surface area contributed by atoms with Crippen molar-refractivity contribution in [2.45, 2.75) is 66.0 Å². The predicted octanol–water partition coefficient (Wildman–Crippen LogP) is 5.32. The number of aliphatic carboxylic acids is 1. The van der Waals surface area contributed by atoms with Gasteiger partial charge in [0.2, 0.25) is 0 Å². The fraction of sp³-hybridized carbons (Fsp3) is 0.471. The van der Waals surface area contributed by atoms with Gasteiger partial charge in [-0.1, -0.05) is 36.4 Å². The Morgan fingerprint density at radius 2 is 2.00 bits per heavy atom. The Bertz CT molecular complexity index is 1670. The molecule has 0 aliphatic carbocycles. The van der Waals surface area contributed by atoms with Crippen LogP contribution < -0.4 is 0 Å². The Labute approximate surface area is 253 Å². The number of hydrogen-bond donors (Lipinski definition) is 1. The van der Waals surface area contributed by atoms with Crippen molar-refractivity contribution in [3.63, 3.8) is 0 Å². The molecular formula is C34H42N6O3. The molecule has 1 unspecified atom stereocenters. The topological polar surface area (TPSA) is 96.1 Å². The summed E-state index contributed by atoms with van der Waals surface area (Å²) >= 11 is 0. The van der Waals surface area contributed by atoms with E-state index in [0.717, 1.165) is 84.9 Å². The van der Waals surface area contributed by atoms with Gasteiger partial charge in [0.15, 0.2) is 0 Å². The summed E-state index contributed by atoms with van der Waals surface area (Å²) in [6.07, 6.45) is 6.21. The van der Waals surface area contributed by atoms with Crippen LogP contribution in [-0.2, 0) is 23.1 Å². The second-order valence-electron chi connectivity index (χ2n) is 12.7. The SMILES string of the molecule is CC[C@@H]1CN(Cc2cc(C(c3ccc4c(nnn4C)c3C)C(C)(C)C(=O)O)ccc2C)CC2=C(C=CC3=NCCCN32)O1.